The molecule has 122 valence electrons. The number of anilines is 1. The molecule has 0 spiro atoms. The minimum atomic E-state index is 0.0559. The summed E-state index contributed by atoms with van der Waals surface area (Å²) < 4.78 is 5.06. The first-order valence-corrected chi connectivity index (χ1v) is 7.90. The van der Waals surface area contributed by atoms with Gasteiger partial charge in [0, 0.05) is 29.8 Å². The van der Waals surface area contributed by atoms with Gasteiger partial charge in [0.1, 0.15) is 5.82 Å². The largest absolute Gasteiger partial charge is 0.467 e. The zero-order chi connectivity index (χ0) is 16.5. The van der Waals surface area contributed by atoms with Gasteiger partial charge >= 0.3 is 6.01 Å². The van der Waals surface area contributed by atoms with E-state index in [9.17, 15) is 4.79 Å². The molecular weight excluding hydrogens is 306 g/mol. The van der Waals surface area contributed by atoms with Crippen molar-refractivity contribution in [1.82, 2.24) is 19.9 Å². The smallest absolute Gasteiger partial charge is 0.316 e. The molecule has 0 unspecified atom stereocenters. The third-order valence-corrected chi connectivity index (χ3v) is 4.32. The van der Waals surface area contributed by atoms with Crippen LogP contribution >= 0.6 is 0 Å². The first kappa shape index (κ1) is 14.6. The molecular formula is C17H17N5O2. The van der Waals surface area contributed by atoms with Gasteiger partial charge in [-0.25, -0.2) is 9.97 Å². The summed E-state index contributed by atoms with van der Waals surface area (Å²) in [5.74, 6) is 0.753. The Morgan fingerprint density at radius 3 is 2.96 bits per heavy atom. The number of amides is 1. The Morgan fingerprint density at radius 2 is 2.21 bits per heavy atom. The summed E-state index contributed by atoms with van der Waals surface area (Å²) >= 11 is 0. The fraction of sp³-hybridized carbons (Fsp3) is 0.294. The van der Waals surface area contributed by atoms with Gasteiger partial charge in [0.2, 0.25) is 5.91 Å². The Balaban J connectivity index is 1.61. The molecule has 3 heterocycles. The van der Waals surface area contributed by atoms with Crippen LogP contribution in [-0.2, 0) is 4.79 Å². The van der Waals surface area contributed by atoms with E-state index in [0.29, 0.717) is 11.8 Å². The molecule has 24 heavy (non-hydrogen) atoms. The van der Waals surface area contributed by atoms with Crippen LogP contribution in [0.1, 0.15) is 19.3 Å². The van der Waals surface area contributed by atoms with Crippen molar-refractivity contribution in [2.75, 3.05) is 12.4 Å². The van der Waals surface area contributed by atoms with Crippen molar-refractivity contribution in [1.29, 1.82) is 0 Å². The van der Waals surface area contributed by atoms with Crippen molar-refractivity contribution in [3.63, 3.8) is 0 Å². The van der Waals surface area contributed by atoms with Crippen LogP contribution in [0.4, 0.5) is 5.82 Å². The minimum absolute atomic E-state index is 0.0559. The number of fused-ring (bicyclic) bond motifs is 1. The van der Waals surface area contributed by atoms with Crippen molar-refractivity contribution in [2.24, 2.45) is 5.92 Å². The molecule has 1 amide bonds. The molecule has 7 nitrogen and oxygen atoms in total. The Labute approximate surface area is 138 Å². The number of ether oxygens (including phenoxy) is 1. The van der Waals surface area contributed by atoms with E-state index in [-0.39, 0.29) is 11.8 Å². The summed E-state index contributed by atoms with van der Waals surface area (Å²) in [5, 5.41) is 3.84. The summed E-state index contributed by atoms with van der Waals surface area (Å²) in [7, 11) is 1.53. The van der Waals surface area contributed by atoms with Crippen molar-refractivity contribution in [2.45, 2.75) is 19.3 Å². The number of carbonyl (C=O) groups excluding carboxylic acids is 1. The second kappa shape index (κ2) is 5.92. The SMILES string of the molecule is COc1nccc(-c2cc3cnc(NC(=O)C4CCC4)cc3[nH]2)n1. The van der Waals surface area contributed by atoms with Crippen molar-refractivity contribution < 1.29 is 9.53 Å². The number of H-pyrrole nitrogens is 1. The molecule has 0 aliphatic heterocycles. The van der Waals surface area contributed by atoms with Crippen molar-refractivity contribution in [3.05, 3.63) is 30.6 Å². The maximum absolute atomic E-state index is 12.0. The van der Waals surface area contributed by atoms with Crippen LogP contribution < -0.4 is 10.1 Å². The van der Waals surface area contributed by atoms with Crippen LogP contribution in [0.25, 0.3) is 22.3 Å². The van der Waals surface area contributed by atoms with Crippen LogP contribution in [0.15, 0.2) is 30.6 Å². The molecule has 0 aromatic carbocycles. The third-order valence-electron chi connectivity index (χ3n) is 4.32. The molecule has 3 aromatic heterocycles. The van der Waals surface area contributed by atoms with E-state index in [4.69, 9.17) is 4.74 Å². The standard InChI is InChI=1S/C17H17N5O2/c1-24-17-18-6-5-12(21-17)14-7-11-9-19-15(8-13(11)20-14)22-16(23)10-3-2-4-10/h5-10,20H,2-4H2,1H3,(H,19,22,23). The lowest BCUT2D eigenvalue weighted by molar-refractivity contribution is -0.122. The van der Waals surface area contributed by atoms with Gasteiger partial charge in [-0.2, -0.15) is 4.98 Å². The van der Waals surface area contributed by atoms with E-state index >= 15 is 0 Å². The Bertz CT molecular complexity index is 901. The van der Waals surface area contributed by atoms with Gasteiger partial charge in [-0.1, -0.05) is 6.42 Å². The van der Waals surface area contributed by atoms with E-state index in [1.807, 2.05) is 12.1 Å². The number of rotatable bonds is 4. The van der Waals surface area contributed by atoms with Crippen LogP contribution in [0.3, 0.4) is 0 Å². The molecule has 1 aliphatic carbocycles. The van der Waals surface area contributed by atoms with Gasteiger partial charge < -0.3 is 15.0 Å². The molecule has 0 atom stereocenters. The summed E-state index contributed by atoms with van der Waals surface area (Å²) in [4.78, 5) is 28.0. The van der Waals surface area contributed by atoms with Crippen molar-refractivity contribution >= 4 is 22.6 Å². The summed E-state index contributed by atoms with van der Waals surface area (Å²) in [5.41, 5.74) is 2.47. The number of nitrogens with one attached hydrogen (secondary N) is 2. The molecule has 1 saturated carbocycles. The zero-order valence-corrected chi connectivity index (χ0v) is 13.2. The average molecular weight is 323 g/mol. The maximum Gasteiger partial charge on any atom is 0.316 e. The Kier molecular flexibility index (Phi) is 3.60. The summed E-state index contributed by atoms with van der Waals surface area (Å²) in [6, 6.07) is 5.92. The molecule has 1 aliphatic rings. The topological polar surface area (TPSA) is 92.8 Å². The average Bonchev–Trinajstić information content (AvgIpc) is 2.96. The van der Waals surface area contributed by atoms with Gasteiger partial charge in [-0.15, -0.1) is 0 Å². The summed E-state index contributed by atoms with van der Waals surface area (Å²) in [6.07, 6.45) is 6.46. The molecule has 3 aromatic rings. The predicted molar refractivity (Wildman–Crippen MR) is 89.6 cm³/mol. The molecule has 4 rings (SSSR count). The second-order valence-corrected chi connectivity index (χ2v) is 5.89. The Hall–Kier alpha value is -2.96. The molecule has 1 fully saturated rings. The lowest BCUT2D eigenvalue weighted by Gasteiger charge is -2.23. The number of aromatic nitrogens is 4. The van der Waals surface area contributed by atoms with Gasteiger partial charge in [0.15, 0.2) is 0 Å². The molecule has 0 radical (unpaired) electrons. The number of nitrogens with zero attached hydrogens (tertiary/aromatic N) is 3. The lowest BCUT2D eigenvalue weighted by atomic mass is 9.85. The molecule has 0 bridgehead atoms. The number of carbonyl (C=O) groups is 1. The van der Waals surface area contributed by atoms with Crippen molar-refractivity contribution in [3.8, 4) is 17.4 Å². The van der Waals surface area contributed by atoms with E-state index in [0.717, 1.165) is 41.6 Å². The predicted octanol–water partition coefficient (Wildman–Crippen LogP) is 2.77. The summed E-state index contributed by atoms with van der Waals surface area (Å²) in [6.45, 7) is 0. The van der Waals surface area contributed by atoms with Crippen LogP contribution in [0.5, 0.6) is 6.01 Å². The highest BCUT2D eigenvalue weighted by Gasteiger charge is 2.25. The van der Waals surface area contributed by atoms with Gasteiger partial charge in [0.25, 0.3) is 0 Å². The van der Waals surface area contributed by atoms with Gasteiger partial charge in [-0.05, 0) is 25.0 Å². The number of pyridine rings is 1. The van der Waals surface area contributed by atoms with Crippen LogP contribution in [0.2, 0.25) is 0 Å². The highest BCUT2D eigenvalue weighted by atomic mass is 16.5. The number of methoxy groups -OCH3 is 1. The highest BCUT2D eigenvalue weighted by Crippen LogP contribution is 2.28. The van der Waals surface area contributed by atoms with E-state index in [1.54, 1.807) is 18.5 Å². The molecule has 7 heteroatoms. The monoisotopic (exact) mass is 323 g/mol. The first-order chi connectivity index (χ1) is 11.7. The fourth-order valence-corrected chi connectivity index (χ4v) is 2.72. The lowest BCUT2D eigenvalue weighted by Crippen LogP contribution is -2.28. The quantitative estimate of drug-likeness (QED) is 0.770. The zero-order valence-electron chi connectivity index (χ0n) is 13.2. The maximum atomic E-state index is 12.0. The third kappa shape index (κ3) is 2.68. The minimum Gasteiger partial charge on any atom is -0.467 e. The molecule has 2 N–H and O–H groups in total. The Morgan fingerprint density at radius 1 is 1.33 bits per heavy atom. The molecule has 0 saturated heterocycles. The first-order valence-electron chi connectivity index (χ1n) is 7.90. The normalized spacial score (nSPS) is 14.4. The second-order valence-electron chi connectivity index (χ2n) is 5.89. The highest BCUT2D eigenvalue weighted by molar-refractivity contribution is 5.94. The van der Waals surface area contributed by atoms with Crippen LogP contribution in [-0.4, -0.2) is 33.0 Å². The van der Waals surface area contributed by atoms with Crippen LogP contribution in [0, 0.1) is 5.92 Å². The van der Waals surface area contributed by atoms with E-state index in [2.05, 4.69) is 25.3 Å². The van der Waals surface area contributed by atoms with E-state index in [1.165, 1.54) is 7.11 Å². The van der Waals surface area contributed by atoms with E-state index < -0.39 is 0 Å². The fourth-order valence-electron chi connectivity index (χ4n) is 2.72. The van der Waals surface area contributed by atoms with Gasteiger partial charge in [0.05, 0.1) is 24.0 Å². The number of hydrogen-bond donors (Lipinski definition) is 2. The number of hydrogen-bond acceptors (Lipinski definition) is 5. The number of aromatic amines is 1. The van der Waals surface area contributed by atoms with Gasteiger partial charge in [-0.3, -0.25) is 4.79 Å².